The van der Waals surface area contributed by atoms with Gasteiger partial charge in [0.2, 0.25) is 5.89 Å². The van der Waals surface area contributed by atoms with Crippen LogP contribution in [0.5, 0.6) is 0 Å². The molecule has 2 aliphatic rings. The number of aryl methyl sites for hydroxylation is 2. The van der Waals surface area contributed by atoms with Crippen LogP contribution in [0.3, 0.4) is 0 Å². The third-order valence-corrected chi connectivity index (χ3v) is 4.54. The first kappa shape index (κ1) is 13.9. The fourth-order valence-corrected chi connectivity index (χ4v) is 3.37. The molecule has 2 aromatic rings. The molecule has 118 valence electrons. The summed E-state index contributed by atoms with van der Waals surface area (Å²) in [4.78, 5) is 30.6. The lowest BCUT2D eigenvalue weighted by atomic mass is 9.92. The average molecular weight is 312 g/mol. The summed E-state index contributed by atoms with van der Waals surface area (Å²) in [5.41, 5.74) is 1.05. The van der Waals surface area contributed by atoms with Gasteiger partial charge < -0.3 is 9.84 Å². The van der Waals surface area contributed by atoms with Crippen LogP contribution >= 0.6 is 0 Å². The second-order valence-corrected chi connectivity index (χ2v) is 5.84. The Bertz CT molecular complexity index is 800. The maximum Gasteiger partial charge on any atom is 0.325 e. The molecule has 1 spiro atoms. The first-order valence-corrected chi connectivity index (χ1v) is 7.68. The van der Waals surface area contributed by atoms with E-state index in [0.717, 1.165) is 22.4 Å². The number of nitrogens with one attached hydrogen (secondary N) is 1. The summed E-state index contributed by atoms with van der Waals surface area (Å²) in [6.07, 6.45) is 2.00. The van der Waals surface area contributed by atoms with Crippen molar-refractivity contribution in [1.29, 1.82) is 0 Å². The largest absolute Gasteiger partial charge is 0.337 e. The molecule has 0 unspecified atom stereocenters. The molecule has 0 bridgehead atoms. The number of imide groups is 1. The summed E-state index contributed by atoms with van der Waals surface area (Å²) < 4.78 is 5.10. The summed E-state index contributed by atoms with van der Waals surface area (Å²) in [5.74, 6) is 0.588. The summed E-state index contributed by atoms with van der Waals surface area (Å²) in [7, 11) is 0. The Morgan fingerprint density at radius 2 is 2.17 bits per heavy atom. The zero-order chi connectivity index (χ0) is 16.0. The van der Waals surface area contributed by atoms with Gasteiger partial charge in [-0.1, -0.05) is 36.3 Å². The number of rotatable bonds is 3. The van der Waals surface area contributed by atoms with Crippen molar-refractivity contribution in [3.8, 4) is 0 Å². The predicted molar refractivity (Wildman–Crippen MR) is 79.2 cm³/mol. The van der Waals surface area contributed by atoms with Crippen molar-refractivity contribution in [3.63, 3.8) is 0 Å². The molecule has 1 saturated heterocycles. The summed E-state index contributed by atoms with van der Waals surface area (Å²) in [6, 6.07) is 7.33. The Labute approximate surface area is 132 Å². The number of benzene rings is 1. The normalized spacial score (nSPS) is 22.7. The van der Waals surface area contributed by atoms with Gasteiger partial charge in [-0.15, -0.1) is 0 Å². The zero-order valence-corrected chi connectivity index (χ0v) is 12.7. The highest BCUT2D eigenvalue weighted by Gasteiger charge is 2.55. The number of nitrogens with zero attached hydrogens (tertiary/aromatic N) is 3. The minimum Gasteiger partial charge on any atom is -0.337 e. The molecule has 1 fully saturated rings. The number of carbonyl (C=O) groups is 2. The Morgan fingerprint density at radius 3 is 2.96 bits per heavy atom. The summed E-state index contributed by atoms with van der Waals surface area (Å²) in [5, 5.41) is 6.67. The summed E-state index contributed by atoms with van der Waals surface area (Å²) >= 11 is 0. The van der Waals surface area contributed by atoms with Gasteiger partial charge in [0, 0.05) is 6.42 Å². The molecular formula is C16H16N4O3. The number of hydrogen-bond donors (Lipinski definition) is 1. The van der Waals surface area contributed by atoms with Gasteiger partial charge in [-0.3, -0.25) is 9.69 Å². The molecule has 0 radical (unpaired) electrons. The highest BCUT2D eigenvalue weighted by molar-refractivity contribution is 6.07. The molecule has 1 aliphatic heterocycles. The monoisotopic (exact) mass is 312 g/mol. The van der Waals surface area contributed by atoms with E-state index < -0.39 is 11.6 Å². The van der Waals surface area contributed by atoms with Crippen molar-refractivity contribution in [2.45, 2.75) is 38.3 Å². The maximum absolute atomic E-state index is 12.9. The van der Waals surface area contributed by atoms with E-state index in [0.29, 0.717) is 18.7 Å². The van der Waals surface area contributed by atoms with Crippen LogP contribution < -0.4 is 5.32 Å². The van der Waals surface area contributed by atoms with E-state index in [4.69, 9.17) is 4.52 Å². The van der Waals surface area contributed by atoms with Crippen molar-refractivity contribution in [2.75, 3.05) is 0 Å². The van der Waals surface area contributed by atoms with E-state index in [1.807, 2.05) is 31.2 Å². The van der Waals surface area contributed by atoms with Gasteiger partial charge in [-0.2, -0.15) is 4.98 Å². The minimum atomic E-state index is -0.943. The van der Waals surface area contributed by atoms with Crippen molar-refractivity contribution >= 4 is 11.9 Å². The number of hydrogen-bond acceptors (Lipinski definition) is 5. The third kappa shape index (κ3) is 1.96. The number of carbonyl (C=O) groups excluding carboxylic acids is 2. The van der Waals surface area contributed by atoms with Crippen LogP contribution in [-0.2, 0) is 29.7 Å². The summed E-state index contributed by atoms with van der Waals surface area (Å²) in [6.45, 7) is 1.91. The first-order chi connectivity index (χ1) is 11.1. The Morgan fingerprint density at radius 1 is 1.35 bits per heavy atom. The second kappa shape index (κ2) is 4.91. The molecule has 1 aromatic heterocycles. The Balaban J connectivity index is 1.65. The van der Waals surface area contributed by atoms with Gasteiger partial charge in [0.15, 0.2) is 5.82 Å². The number of fused-ring (bicyclic) bond motifs is 2. The molecule has 1 atom stereocenters. The first-order valence-electron chi connectivity index (χ1n) is 7.68. The molecule has 2 heterocycles. The molecule has 23 heavy (non-hydrogen) atoms. The van der Waals surface area contributed by atoms with Gasteiger partial charge >= 0.3 is 6.03 Å². The van der Waals surface area contributed by atoms with E-state index in [9.17, 15) is 9.59 Å². The van der Waals surface area contributed by atoms with Gasteiger partial charge in [0.1, 0.15) is 12.1 Å². The number of aromatic nitrogens is 2. The highest BCUT2D eigenvalue weighted by atomic mass is 16.5. The molecule has 3 amide bonds. The lowest BCUT2D eigenvalue weighted by Crippen LogP contribution is -2.41. The van der Waals surface area contributed by atoms with Gasteiger partial charge in [0.05, 0.1) is 0 Å². The van der Waals surface area contributed by atoms with Crippen LogP contribution in [0.4, 0.5) is 4.79 Å². The zero-order valence-electron chi connectivity index (χ0n) is 12.7. The molecule has 7 nitrogen and oxygen atoms in total. The van der Waals surface area contributed by atoms with Gasteiger partial charge in [-0.25, -0.2) is 4.79 Å². The molecule has 1 aliphatic carbocycles. The van der Waals surface area contributed by atoms with Crippen LogP contribution in [0.1, 0.15) is 36.2 Å². The van der Waals surface area contributed by atoms with Crippen molar-refractivity contribution in [1.82, 2.24) is 20.4 Å². The number of urea groups is 1. The Kier molecular flexibility index (Phi) is 2.97. The van der Waals surface area contributed by atoms with Gasteiger partial charge in [-0.05, 0) is 24.0 Å². The van der Waals surface area contributed by atoms with Crippen LogP contribution in [-0.4, -0.2) is 27.0 Å². The van der Waals surface area contributed by atoms with Crippen molar-refractivity contribution in [2.24, 2.45) is 0 Å². The standard InChI is InChI=1S/C16H16N4O3/c1-2-12-17-13(23-19-12)9-20-14(21)16(18-15(20)22)8-7-10-5-3-4-6-11(10)16/h3-6H,2,7-9H2,1H3,(H,18,22)/t16-/m0/s1. The Hall–Kier alpha value is -2.70. The van der Waals surface area contributed by atoms with Crippen molar-refractivity contribution < 1.29 is 14.1 Å². The fraction of sp³-hybridized carbons (Fsp3) is 0.375. The highest BCUT2D eigenvalue weighted by Crippen LogP contribution is 2.41. The third-order valence-electron chi connectivity index (χ3n) is 4.54. The van der Waals surface area contributed by atoms with Crippen molar-refractivity contribution in [3.05, 3.63) is 47.1 Å². The molecule has 7 heteroatoms. The number of amides is 3. The van der Waals surface area contributed by atoms with E-state index in [1.54, 1.807) is 0 Å². The maximum atomic E-state index is 12.9. The van der Waals surface area contributed by atoms with Gasteiger partial charge in [0.25, 0.3) is 5.91 Å². The molecule has 0 saturated carbocycles. The second-order valence-electron chi connectivity index (χ2n) is 5.84. The van der Waals surface area contributed by atoms with E-state index in [1.165, 1.54) is 0 Å². The topological polar surface area (TPSA) is 88.3 Å². The molecular weight excluding hydrogens is 296 g/mol. The predicted octanol–water partition coefficient (Wildman–Crippen LogP) is 1.53. The fourth-order valence-electron chi connectivity index (χ4n) is 3.37. The average Bonchev–Trinajstić information content (AvgIpc) is 3.23. The van der Waals surface area contributed by atoms with Crippen LogP contribution in [0.25, 0.3) is 0 Å². The van der Waals surface area contributed by atoms with Crippen LogP contribution in [0, 0.1) is 0 Å². The smallest absolute Gasteiger partial charge is 0.325 e. The molecule has 1 N–H and O–H groups in total. The minimum absolute atomic E-state index is 0.00157. The van der Waals surface area contributed by atoms with E-state index in [2.05, 4.69) is 15.5 Å². The van der Waals surface area contributed by atoms with Crippen LogP contribution in [0.2, 0.25) is 0 Å². The molecule has 1 aromatic carbocycles. The SMILES string of the molecule is CCc1noc(CN2C(=O)N[C@]3(CCc4ccccc43)C2=O)n1. The van der Waals surface area contributed by atoms with E-state index >= 15 is 0 Å². The van der Waals surface area contributed by atoms with E-state index in [-0.39, 0.29) is 18.3 Å². The quantitative estimate of drug-likeness (QED) is 0.868. The molecule has 4 rings (SSSR count). The lowest BCUT2D eigenvalue weighted by Gasteiger charge is -2.21. The lowest BCUT2D eigenvalue weighted by molar-refractivity contribution is -0.132. The van der Waals surface area contributed by atoms with Crippen LogP contribution in [0.15, 0.2) is 28.8 Å².